The van der Waals surface area contributed by atoms with Crippen molar-refractivity contribution in [2.24, 2.45) is 5.92 Å². The maximum absolute atomic E-state index is 11.6. The van der Waals surface area contributed by atoms with Crippen LogP contribution in [-0.4, -0.2) is 15.9 Å². The summed E-state index contributed by atoms with van der Waals surface area (Å²) in [4.78, 5) is 19.3. The minimum absolute atomic E-state index is 0.0358. The van der Waals surface area contributed by atoms with E-state index >= 15 is 0 Å². The summed E-state index contributed by atoms with van der Waals surface area (Å²) in [6.45, 7) is 4.02. The Morgan fingerprint density at radius 2 is 2.21 bits per heavy atom. The van der Waals surface area contributed by atoms with Gasteiger partial charge >= 0.3 is 0 Å². The van der Waals surface area contributed by atoms with E-state index in [-0.39, 0.29) is 11.8 Å². The third-order valence-electron chi connectivity index (χ3n) is 2.19. The maximum atomic E-state index is 11.6. The molecule has 0 aliphatic rings. The highest BCUT2D eigenvalue weighted by Gasteiger charge is 2.13. The summed E-state index contributed by atoms with van der Waals surface area (Å²) in [5.74, 6) is 0.676. The Hall–Kier alpha value is -1.45. The lowest BCUT2D eigenvalue weighted by atomic mass is 10.0. The van der Waals surface area contributed by atoms with Crippen molar-refractivity contribution in [2.45, 2.75) is 26.7 Å². The molecule has 0 aromatic carbocycles. The molecule has 1 N–H and O–H groups in total. The smallest absolute Gasteiger partial charge is 0.228 e. The molecule has 4 nitrogen and oxygen atoms in total. The molecule has 0 atom stereocenters. The second-order valence-electron chi connectivity index (χ2n) is 3.10. The molecule has 0 aliphatic carbocycles. The van der Waals surface area contributed by atoms with Gasteiger partial charge in [0.05, 0.1) is 0 Å². The van der Waals surface area contributed by atoms with E-state index in [1.165, 1.54) is 6.33 Å². The number of rotatable bonds is 4. The van der Waals surface area contributed by atoms with Crippen molar-refractivity contribution in [3.63, 3.8) is 0 Å². The van der Waals surface area contributed by atoms with Gasteiger partial charge in [-0.2, -0.15) is 0 Å². The number of hydrogen-bond acceptors (Lipinski definition) is 3. The average Bonchev–Trinajstić information content (AvgIpc) is 2.21. The molecule has 1 amide bonds. The van der Waals surface area contributed by atoms with Gasteiger partial charge in [0.15, 0.2) is 0 Å². The Morgan fingerprint density at radius 1 is 1.50 bits per heavy atom. The van der Waals surface area contributed by atoms with Gasteiger partial charge in [0.1, 0.15) is 12.1 Å². The molecule has 0 bridgehead atoms. The predicted octanol–water partition coefficient (Wildman–Crippen LogP) is 1.85. The molecule has 0 fully saturated rings. The normalized spacial score (nSPS) is 10.2. The molecular weight excluding hydrogens is 178 g/mol. The molecule has 0 saturated carbocycles. The molecule has 1 aromatic heterocycles. The van der Waals surface area contributed by atoms with E-state index in [2.05, 4.69) is 15.3 Å². The lowest BCUT2D eigenvalue weighted by molar-refractivity contribution is -0.120. The topological polar surface area (TPSA) is 54.9 Å². The number of amides is 1. The first-order chi connectivity index (χ1) is 6.77. The molecule has 76 valence electrons. The Morgan fingerprint density at radius 3 is 2.71 bits per heavy atom. The monoisotopic (exact) mass is 193 g/mol. The van der Waals surface area contributed by atoms with Gasteiger partial charge in [-0.25, -0.2) is 9.97 Å². The fourth-order valence-corrected chi connectivity index (χ4v) is 1.25. The third-order valence-corrected chi connectivity index (χ3v) is 2.19. The summed E-state index contributed by atoms with van der Waals surface area (Å²) in [6.07, 6.45) is 4.73. The molecule has 1 rings (SSSR count). The SMILES string of the molecule is CCC(CC)C(=O)Nc1ccncn1. The van der Waals surface area contributed by atoms with E-state index in [4.69, 9.17) is 0 Å². The highest BCUT2D eigenvalue weighted by molar-refractivity contribution is 5.91. The van der Waals surface area contributed by atoms with Gasteiger partial charge in [0.2, 0.25) is 5.91 Å². The van der Waals surface area contributed by atoms with Crippen molar-refractivity contribution in [3.05, 3.63) is 18.6 Å². The molecule has 4 heteroatoms. The van der Waals surface area contributed by atoms with E-state index in [9.17, 15) is 4.79 Å². The standard InChI is InChI=1S/C10H15N3O/c1-3-8(4-2)10(14)13-9-5-6-11-7-12-9/h5-8H,3-4H2,1-2H3,(H,11,12,13,14). The van der Waals surface area contributed by atoms with Gasteiger partial charge in [-0.05, 0) is 18.9 Å². The molecule has 0 radical (unpaired) electrons. The number of nitrogens with zero attached hydrogens (tertiary/aromatic N) is 2. The molecule has 0 aliphatic heterocycles. The van der Waals surface area contributed by atoms with Crippen LogP contribution in [0.3, 0.4) is 0 Å². The van der Waals surface area contributed by atoms with Crippen LogP contribution in [0.4, 0.5) is 5.82 Å². The summed E-state index contributed by atoms with van der Waals surface area (Å²) >= 11 is 0. The quantitative estimate of drug-likeness (QED) is 0.794. The summed E-state index contributed by atoms with van der Waals surface area (Å²) in [5, 5.41) is 2.75. The Kier molecular flexibility index (Phi) is 4.04. The predicted molar refractivity (Wildman–Crippen MR) is 54.7 cm³/mol. The zero-order valence-corrected chi connectivity index (χ0v) is 8.53. The van der Waals surface area contributed by atoms with Gasteiger partial charge in [0, 0.05) is 12.1 Å². The fraction of sp³-hybridized carbons (Fsp3) is 0.500. The zero-order valence-electron chi connectivity index (χ0n) is 8.53. The van der Waals surface area contributed by atoms with Crippen LogP contribution in [0, 0.1) is 5.92 Å². The van der Waals surface area contributed by atoms with Crippen LogP contribution in [0.25, 0.3) is 0 Å². The first-order valence-corrected chi connectivity index (χ1v) is 4.84. The fourth-order valence-electron chi connectivity index (χ4n) is 1.25. The number of carbonyl (C=O) groups is 1. The van der Waals surface area contributed by atoms with E-state index in [1.807, 2.05) is 13.8 Å². The number of nitrogens with one attached hydrogen (secondary N) is 1. The van der Waals surface area contributed by atoms with Crippen molar-refractivity contribution >= 4 is 11.7 Å². The summed E-state index contributed by atoms with van der Waals surface area (Å²) in [6, 6.07) is 1.68. The second-order valence-corrected chi connectivity index (χ2v) is 3.10. The van der Waals surface area contributed by atoms with Gasteiger partial charge in [0.25, 0.3) is 0 Å². The van der Waals surface area contributed by atoms with Crippen molar-refractivity contribution in [1.82, 2.24) is 9.97 Å². The lowest BCUT2D eigenvalue weighted by Gasteiger charge is -2.11. The Labute approximate surface area is 83.8 Å². The summed E-state index contributed by atoms with van der Waals surface area (Å²) in [5.41, 5.74) is 0. The van der Waals surface area contributed by atoms with Crippen LogP contribution in [0.15, 0.2) is 18.6 Å². The molecule has 1 heterocycles. The van der Waals surface area contributed by atoms with Crippen molar-refractivity contribution < 1.29 is 4.79 Å². The van der Waals surface area contributed by atoms with Crippen LogP contribution < -0.4 is 5.32 Å². The number of anilines is 1. The van der Waals surface area contributed by atoms with Gasteiger partial charge < -0.3 is 5.32 Å². The van der Waals surface area contributed by atoms with Crippen molar-refractivity contribution in [3.8, 4) is 0 Å². The highest BCUT2D eigenvalue weighted by atomic mass is 16.1. The van der Waals surface area contributed by atoms with Crippen molar-refractivity contribution in [1.29, 1.82) is 0 Å². The highest BCUT2D eigenvalue weighted by Crippen LogP contribution is 2.10. The van der Waals surface area contributed by atoms with Gasteiger partial charge in [-0.15, -0.1) is 0 Å². The Balaban J connectivity index is 2.57. The molecule has 14 heavy (non-hydrogen) atoms. The molecule has 1 aromatic rings. The van der Waals surface area contributed by atoms with E-state index in [0.717, 1.165) is 12.8 Å². The van der Waals surface area contributed by atoms with Crippen LogP contribution in [-0.2, 0) is 4.79 Å². The van der Waals surface area contributed by atoms with Crippen LogP contribution in [0.2, 0.25) is 0 Å². The van der Waals surface area contributed by atoms with Crippen LogP contribution in [0.1, 0.15) is 26.7 Å². The largest absolute Gasteiger partial charge is 0.310 e. The molecule has 0 unspecified atom stereocenters. The lowest BCUT2D eigenvalue weighted by Crippen LogP contribution is -2.22. The minimum Gasteiger partial charge on any atom is -0.310 e. The third kappa shape index (κ3) is 2.80. The Bertz CT molecular complexity index is 283. The van der Waals surface area contributed by atoms with Crippen molar-refractivity contribution in [2.75, 3.05) is 5.32 Å². The van der Waals surface area contributed by atoms with Gasteiger partial charge in [-0.1, -0.05) is 13.8 Å². The maximum Gasteiger partial charge on any atom is 0.228 e. The summed E-state index contributed by atoms with van der Waals surface area (Å²) in [7, 11) is 0. The number of carbonyl (C=O) groups excluding carboxylic acids is 1. The first kappa shape index (κ1) is 10.6. The van der Waals surface area contributed by atoms with E-state index < -0.39 is 0 Å². The first-order valence-electron chi connectivity index (χ1n) is 4.84. The minimum atomic E-state index is 0.0358. The molecule has 0 spiro atoms. The van der Waals surface area contributed by atoms with E-state index in [1.54, 1.807) is 12.3 Å². The summed E-state index contributed by atoms with van der Waals surface area (Å²) < 4.78 is 0. The van der Waals surface area contributed by atoms with Crippen LogP contribution in [0.5, 0.6) is 0 Å². The molecular formula is C10H15N3O. The van der Waals surface area contributed by atoms with Gasteiger partial charge in [-0.3, -0.25) is 4.79 Å². The number of hydrogen-bond donors (Lipinski definition) is 1. The second kappa shape index (κ2) is 5.32. The van der Waals surface area contributed by atoms with E-state index in [0.29, 0.717) is 5.82 Å². The van der Waals surface area contributed by atoms with Crippen LogP contribution >= 0.6 is 0 Å². The average molecular weight is 193 g/mol. The number of aromatic nitrogens is 2. The zero-order chi connectivity index (χ0) is 10.4. The molecule has 0 saturated heterocycles.